The molecule has 0 aliphatic rings. The van der Waals surface area contributed by atoms with Crippen molar-refractivity contribution in [2.24, 2.45) is 5.73 Å². The van der Waals surface area contributed by atoms with Crippen LogP contribution in [0, 0.1) is 0 Å². The standard InChI is InChI=1S/C2H5B2N/c1-2(3,4)5/h5H2,1H3. The van der Waals surface area contributed by atoms with Crippen LogP contribution < -0.4 is 5.73 Å². The molecular weight excluding hydrogens is 59.7 g/mol. The number of rotatable bonds is 0. The maximum Gasteiger partial charge on any atom is 0.0813 e. The Bertz CT molecular complexity index is 23.1. The Hall–Kier alpha value is 0.0899. The van der Waals surface area contributed by atoms with Crippen LogP contribution in [0.1, 0.15) is 6.92 Å². The number of hydrogen-bond acceptors (Lipinski definition) is 1. The first kappa shape index (κ1) is 5.09. The Balaban J connectivity index is 3.02. The molecule has 0 unspecified atom stereocenters. The summed E-state index contributed by atoms with van der Waals surface area (Å²) in [7, 11) is 9.82. The van der Waals surface area contributed by atoms with Crippen molar-refractivity contribution in [2.75, 3.05) is 0 Å². The van der Waals surface area contributed by atoms with Crippen LogP contribution in [0.25, 0.3) is 0 Å². The van der Waals surface area contributed by atoms with Gasteiger partial charge in [0.2, 0.25) is 0 Å². The van der Waals surface area contributed by atoms with Gasteiger partial charge in [-0.2, -0.15) is 0 Å². The fourth-order valence-corrected chi connectivity index (χ4v) is 0. The first-order chi connectivity index (χ1) is 2.00. The van der Waals surface area contributed by atoms with Crippen LogP contribution in [0.2, 0.25) is 0 Å². The van der Waals surface area contributed by atoms with E-state index in [0.29, 0.717) is 0 Å². The highest BCUT2D eigenvalue weighted by molar-refractivity contribution is 6.39. The third-order valence-corrected chi connectivity index (χ3v) is 0. The van der Waals surface area contributed by atoms with Gasteiger partial charge >= 0.3 is 0 Å². The lowest BCUT2D eigenvalue weighted by atomic mass is 9.65. The third kappa shape index (κ3) is 2210. The monoisotopic (exact) mass is 65.1 g/mol. The van der Waals surface area contributed by atoms with E-state index >= 15 is 0 Å². The summed E-state index contributed by atoms with van der Waals surface area (Å²) in [5.41, 5.74) is 4.91. The molecule has 0 fully saturated rings. The van der Waals surface area contributed by atoms with Crippen LogP contribution in [-0.2, 0) is 0 Å². The van der Waals surface area contributed by atoms with Gasteiger partial charge in [-0.05, 0) is 0 Å². The molecule has 1 nitrogen and oxygen atoms in total. The number of hydrogen-bond donors (Lipinski definition) is 1. The molecule has 0 aliphatic carbocycles. The zero-order chi connectivity index (χ0) is 4.50. The van der Waals surface area contributed by atoms with E-state index in [9.17, 15) is 0 Å². The van der Waals surface area contributed by atoms with Gasteiger partial charge < -0.3 is 5.73 Å². The molecule has 0 amide bonds. The van der Waals surface area contributed by atoms with Gasteiger partial charge in [0.05, 0.1) is 15.7 Å². The maximum atomic E-state index is 4.91. The average molecular weight is 64.7 g/mol. The highest BCUT2D eigenvalue weighted by Crippen LogP contribution is 1.73. The van der Waals surface area contributed by atoms with E-state index in [4.69, 9.17) is 21.4 Å². The van der Waals surface area contributed by atoms with Gasteiger partial charge in [0, 0.05) is 0 Å². The van der Waals surface area contributed by atoms with Gasteiger partial charge in [-0.1, -0.05) is 12.3 Å². The molecule has 0 aliphatic heterocycles. The van der Waals surface area contributed by atoms with E-state index in [1.165, 1.54) is 6.92 Å². The molecule has 3 heteroatoms. The van der Waals surface area contributed by atoms with E-state index in [-0.39, 0.29) is 0 Å². The van der Waals surface area contributed by atoms with Crippen molar-refractivity contribution in [3.8, 4) is 0 Å². The highest BCUT2D eigenvalue weighted by atomic mass is 14.6. The van der Waals surface area contributed by atoms with Crippen molar-refractivity contribution in [1.82, 2.24) is 0 Å². The summed E-state index contributed by atoms with van der Waals surface area (Å²) < 4.78 is 0. The Kier molecular flexibility index (Phi) is 1.07. The minimum absolute atomic E-state index is 1.00. The molecule has 2 N–H and O–H groups in total. The number of nitrogens with two attached hydrogens (primary N) is 1. The largest absolute Gasteiger partial charge is 0.342 e. The van der Waals surface area contributed by atoms with E-state index in [2.05, 4.69) is 0 Å². The Morgan fingerprint density at radius 3 is 1.60 bits per heavy atom. The summed E-state index contributed by atoms with van der Waals surface area (Å²) in [4.78, 5) is 0. The van der Waals surface area contributed by atoms with Crippen molar-refractivity contribution in [2.45, 2.75) is 12.3 Å². The van der Waals surface area contributed by atoms with Gasteiger partial charge in [0.25, 0.3) is 0 Å². The van der Waals surface area contributed by atoms with Gasteiger partial charge in [-0.15, -0.1) is 0 Å². The van der Waals surface area contributed by atoms with E-state index in [1.54, 1.807) is 0 Å². The predicted octanol–water partition coefficient (Wildman–Crippen LogP) is -1.04. The summed E-state index contributed by atoms with van der Waals surface area (Å²) in [5, 5.41) is -1.00. The summed E-state index contributed by atoms with van der Waals surface area (Å²) in [5.74, 6) is 0. The third-order valence-electron chi connectivity index (χ3n) is 0. The molecule has 0 aromatic carbocycles. The van der Waals surface area contributed by atoms with Gasteiger partial charge in [-0.25, -0.2) is 0 Å². The van der Waals surface area contributed by atoms with Gasteiger partial charge in [-0.3, -0.25) is 0 Å². The molecule has 4 radical (unpaired) electrons. The first-order valence-corrected chi connectivity index (χ1v) is 1.37. The zero-order valence-electron chi connectivity index (χ0n) is 3.23. The lowest BCUT2D eigenvalue weighted by Gasteiger charge is -2.07. The van der Waals surface area contributed by atoms with E-state index < -0.39 is 5.34 Å². The second kappa shape index (κ2) is 1.05. The van der Waals surface area contributed by atoms with Crippen LogP contribution in [0.4, 0.5) is 0 Å². The van der Waals surface area contributed by atoms with Crippen LogP contribution in [0.5, 0.6) is 0 Å². The van der Waals surface area contributed by atoms with Crippen LogP contribution >= 0.6 is 0 Å². The molecule has 5 heavy (non-hydrogen) atoms. The topological polar surface area (TPSA) is 26.0 Å². The summed E-state index contributed by atoms with van der Waals surface area (Å²) >= 11 is 0. The van der Waals surface area contributed by atoms with Crippen molar-refractivity contribution in [1.29, 1.82) is 0 Å². The minimum Gasteiger partial charge on any atom is -0.342 e. The fraction of sp³-hybridized carbons (Fsp3) is 1.00. The van der Waals surface area contributed by atoms with E-state index in [0.717, 1.165) is 0 Å². The van der Waals surface area contributed by atoms with Gasteiger partial charge in [0.15, 0.2) is 0 Å². The molecule has 0 aromatic rings. The normalized spacial score (nSPS) is 11.6. The second-order valence-electron chi connectivity index (χ2n) is 1.37. The molecule has 0 rings (SSSR count). The van der Waals surface area contributed by atoms with Crippen LogP contribution in [0.3, 0.4) is 0 Å². The van der Waals surface area contributed by atoms with Crippen LogP contribution in [-0.4, -0.2) is 21.0 Å². The summed E-state index contributed by atoms with van der Waals surface area (Å²) in [6, 6.07) is 0. The van der Waals surface area contributed by atoms with Crippen molar-refractivity contribution < 1.29 is 0 Å². The molecule has 0 bridgehead atoms. The molecule has 24 valence electrons. The predicted molar refractivity (Wildman–Crippen MR) is 24.1 cm³/mol. The molecule has 0 atom stereocenters. The average Bonchev–Trinajstić information content (AvgIpc) is 0.722. The summed E-state index contributed by atoms with van der Waals surface area (Å²) in [6.07, 6.45) is 0. The Labute approximate surface area is 34.7 Å². The molecule has 0 heterocycles. The molecular formula is C2H5B2N. The highest BCUT2D eigenvalue weighted by Gasteiger charge is 1.95. The zero-order valence-corrected chi connectivity index (χ0v) is 3.23. The van der Waals surface area contributed by atoms with E-state index in [1.807, 2.05) is 0 Å². The van der Waals surface area contributed by atoms with Crippen LogP contribution in [0.15, 0.2) is 0 Å². The Morgan fingerprint density at radius 1 is 1.60 bits per heavy atom. The molecule has 0 saturated heterocycles. The first-order valence-electron chi connectivity index (χ1n) is 1.37. The molecule has 0 aromatic heterocycles. The summed E-state index contributed by atoms with van der Waals surface area (Å²) in [6.45, 7) is 1.52. The van der Waals surface area contributed by atoms with Crippen molar-refractivity contribution in [3.63, 3.8) is 0 Å². The second-order valence-corrected chi connectivity index (χ2v) is 1.37. The Morgan fingerprint density at radius 2 is 1.60 bits per heavy atom. The van der Waals surface area contributed by atoms with Gasteiger partial charge in [0.1, 0.15) is 0 Å². The quantitative estimate of drug-likeness (QED) is 0.358. The minimum atomic E-state index is -1.00. The smallest absolute Gasteiger partial charge is 0.0813 e. The van der Waals surface area contributed by atoms with Crippen molar-refractivity contribution >= 4 is 15.7 Å². The maximum absolute atomic E-state index is 4.91. The van der Waals surface area contributed by atoms with Crippen molar-refractivity contribution in [3.05, 3.63) is 0 Å². The SMILES string of the molecule is [B]C([B])(C)N. The lowest BCUT2D eigenvalue weighted by molar-refractivity contribution is 0.931. The fourth-order valence-electron chi connectivity index (χ4n) is 0. The lowest BCUT2D eigenvalue weighted by Crippen LogP contribution is -2.36. The molecule has 0 spiro atoms. The molecule has 0 saturated carbocycles.